The van der Waals surface area contributed by atoms with Crippen LogP contribution in [0.5, 0.6) is 0 Å². The first kappa shape index (κ1) is 13.2. The van der Waals surface area contributed by atoms with E-state index in [2.05, 4.69) is 47.4 Å². The molecule has 1 radical (unpaired) electrons. The Hall–Kier alpha value is -1.76. The van der Waals surface area contributed by atoms with Crippen LogP contribution in [0.4, 0.5) is 0 Å². The molecule has 0 atom stereocenters. The second-order valence-corrected chi connectivity index (χ2v) is 4.80. The third kappa shape index (κ3) is 2.02. The Morgan fingerprint density at radius 2 is 1.75 bits per heavy atom. The third-order valence-electron chi connectivity index (χ3n) is 3.67. The molecule has 1 heterocycles. The number of fused-ring (bicyclic) bond motifs is 3. The molecule has 0 N–H and O–H groups in total. The van der Waals surface area contributed by atoms with Gasteiger partial charge in [-0.25, -0.2) is 0 Å². The van der Waals surface area contributed by atoms with Crippen LogP contribution in [0.3, 0.4) is 0 Å². The van der Waals surface area contributed by atoms with E-state index in [4.69, 9.17) is 0 Å². The first-order valence-electron chi connectivity index (χ1n) is 6.47. The zero-order chi connectivity index (χ0) is 12.7. The van der Waals surface area contributed by atoms with Gasteiger partial charge in [0.15, 0.2) is 0 Å². The van der Waals surface area contributed by atoms with Gasteiger partial charge in [0.2, 0.25) is 0 Å². The van der Waals surface area contributed by atoms with E-state index in [0.717, 1.165) is 17.7 Å². The molecule has 1 aliphatic carbocycles. The van der Waals surface area contributed by atoms with E-state index in [-0.39, 0.29) is 20.1 Å². The molecule has 2 aromatic carbocycles. The van der Waals surface area contributed by atoms with E-state index in [0.29, 0.717) is 0 Å². The van der Waals surface area contributed by atoms with Crippen molar-refractivity contribution in [1.82, 2.24) is 4.98 Å². The number of nitrogens with zero attached hydrogens (tertiary/aromatic N) is 1. The van der Waals surface area contributed by atoms with Crippen molar-refractivity contribution in [2.75, 3.05) is 0 Å². The Kier molecular flexibility index (Phi) is 3.52. The minimum Gasteiger partial charge on any atom is -0.304 e. The SMILES string of the molecule is [Ir].[c-]1ccccc1-c1nccc2c1-c1ccccc1C2. The van der Waals surface area contributed by atoms with E-state index in [1.165, 1.54) is 22.3 Å². The van der Waals surface area contributed by atoms with Gasteiger partial charge in [-0.2, -0.15) is 0 Å². The van der Waals surface area contributed by atoms with Crippen LogP contribution in [0.2, 0.25) is 0 Å². The average Bonchev–Trinajstić information content (AvgIpc) is 2.86. The van der Waals surface area contributed by atoms with Crippen LogP contribution in [-0.4, -0.2) is 4.98 Å². The topological polar surface area (TPSA) is 12.9 Å². The Balaban J connectivity index is 0.00000121. The zero-order valence-corrected chi connectivity index (χ0v) is 13.2. The summed E-state index contributed by atoms with van der Waals surface area (Å²) in [5, 5.41) is 0. The summed E-state index contributed by atoms with van der Waals surface area (Å²) in [6, 6.07) is 22.0. The monoisotopic (exact) mass is 435 g/mol. The van der Waals surface area contributed by atoms with E-state index < -0.39 is 0 Å². The maximum absolute atomic E-state index is 4.59. The van der Waals surface area contributed by atoms with Crippen LogP contribution in [0.25, 0.3) is 22.4 Å². The smallest absolute Gasteiger partial charge is 0.0164 e. The van der Waals surface area contributed by atoms with Gasteiger partial charge in [0.05, 0.1) is 0 Å². The van der Waals surface area contributed by atoms with Crippen molar-refractivity contribution >= 4 is 0 Å². The molecule has 0 aliphatic heterocycles. The van der Waals surface area contributed by atoms with Crippen molar-refractivity contribution in [3.63, 3.8) is 0 Å². The van der Waals surface area contributed by atoms with E-state index in [1.807, 2.05) is 24.4 Å². The van der Waals surface area contributed by atoms with Crippen LogP contribution in [0, 0.1) is 6.07 Å². The molecule has 99 valence electrons. The van der Waals surface area contributed by atoms with Crippen LogP contribution in [0.1, 0.15) is 11.1 Å². The first-order chi connectivity index (χ1) is 9.43. The summed E-state index contributed by atoms with van der Waals surface area (Å²) in [6.07, 6.45) is 2.91. The molecule has 0 amide bonds. The number of hydrogen-bond donors (Lipinski definition) is 0. The summed E-state index contributed by atoms with van der Waals surface area (Å²) in [7, 11) is 0. The summed E-state index contributed by atoms with van der Waals surface area (Å²) in [4.78, 5) is 4.59. The fraction of sp³-hybridized carbons (Fsp3) is 0.0556. The van der Waals surface area contributed by atoms with Crippen LogP contribution in [0.15, 0.2) is 60.8 Å². The predicted molar refractivity (Wildman–Crippen MR) is 76.8 cm³/mol. The fourth-order valence-corrected chi connectivity index (χ4v) is 2.82. The standard InChI is InChI=1S/C18H12N.Ir/c1-2-6-13(7-3-1)18-17-15(10-11-19-18)12-14-8-4-5-9-16(14)17;/h1-6,8-11H,12H2;/q-1;. The maximum Gasteiger partial charge on any atom is 0.0164 e. The number of hydrogen-bond acceptors (Lipinski definition) is 1. The Morgan fingerprint density at radius 1 is 0.900 bits per heavy atom. The van der Waals surface area contributed by atoms with Gasteiger partial charge >= 0.3 is 0 Å². The van der Waals surface area contributed by atoms with Gasteiger partial charge in [-0.3, -0.25) is 0 Å². The molecular formula is C18H12IrN-. The summed E-state index contributed by atoms with van der Waals surface area (Å²) >= 11 is 0. The molecule has 2 heteroatoms. The molecule has 3 aromatic rings. The number of rotatable bonds is 1. The van der Waals surface area contributed by atoms with Gasteiger partial charge in [0.1, 0.15) is 0 Å². The molecule has 4 rings (SSSR count). The molecule has 1 nitrogen and oxygen atoms in total. The van der Waals surface area contributed by atoms with Crippen molar-refractivity contribution in [3.8, 4) is 22.4 Å². The van der Waals surface area contributed by atoms with Crippen LogP contribution in [-0.2, 0) is 26.5 Å². The summed E-state index contributed by atoms with van der Waals surface area (Å²) in [5.41, 5.74) is 7.46. The molecule has 1 aromatic heterocycles. The number of aromatic nitrogens is 1. The van der Waals surface area contributed by atoms with E-state index in [9.17, 15) is 0 Å². The molecular weight excluding hydrogens is 422 g/mol. The third-order valence-corrected chi connectivity index (χ3v) is 3.67. The van der Waals surface area contributed by atoms with Crippen LogP contribution >= 0.6 is 0 Å². The molecule has 0 saturated carbocycles. The largest absolute Gasteiger partial charge is 0.304 e. The number of pyridine rings is 1. The first-order valence-corrected chi connectivity index (χ1v) is 6.47. The van der Waals surface area contributed by atoms with Gasteiger partial charge in [-0.15, -0.1) is 35.9 Å². The van der Waals surface area contributed by atoms with Crippen molar-refractivity contribution in [1.29, 1.82) is 0 Å². The quantitative estimate of drug-likeness (QED) is 0.411. The summed E-state index contributed by atoms with van der Waals surface area (Å²) in [5.74, 6) is 0. The molecule has 0 bridgehead atoms. The predicted octanol–water partition coefficient (Wildman–Crippen LogP) is 4.12. The second kappa shape index (κ2) is 5.32. The Bertz CT molecular complexity index is 750. The minimum absolute atomic E-state index is 0. The van der Waals surface area contributed by atoms with Gasteiger partial charge in [0.25, 0.3) is 0 Å². The molecule has 0 unspecified atom stereocenters. The average molecular weight is 435 g/mol. The molecule has 1 aliphatic rings. The van der Waals surface area contributed by atoms with E-state index >= 15 is 0 Å². The van der Waals surface area contributed by atoms with Gasteiger partial charge < -0.3 is 4.98 Å². The molecule has 0 fully saturated rings. The molecule has 0 saturated heterocycles. The van der Waals surface area contributed by atoms with E-state index in [1.54, 1.807) is 0 Å². The van der Waals surface area contributed by atoms with Crippen molar-refractivity contribution < 1.29 is 20.1 Å². The van der Waals surface area contributed by atoms with Crippen molar-refractivity contribution in [3.05, 3.63) is 78.0 Å². The maximum atomic E-state index is 4.59. The van der Waals surface area contributed by atoms with Crippen LogP contribution < -0.4 is 0 Å². The Morgan fingerprint density at radius 3 is 2.60 bits per heavy atom. The van der Waals surface area contributed by atoms with Crippen molar-refractivity contribution in [2.24, 2.45) is 0 Å². The normalized spacial score (nSPS) is 11.4. The van der Waals surface area contributed by atoms with Gasteiger partial charge in [-0.05, 0) is 40.4 Å². The number of benzene rings is 2. The summed E-state index contributed by atoms with van der Waals surface area (Å²) < 4.78 is 0. The molecule has 20 heavy (non-hydrogen) atoms. The second-order valence-electron chi connectivity index (χ2n) is 4.80. The summed E-state index contributed by atoms with van der Waals surface area (Å²) in [6.45, 7) is 0. The van der Waals surface area contributed by atoms with Crippen molar-refractivity contribution in [2.45, 2.75) is 6.42 Å². The van der Waals surface area contributed by atoms with Gasteiger partial charge in [-0.1, -0.05) is 24.3 Å². The molecule has 0 spiro atoms. The fourth-order valence-electron chi connectivity index (χ4n) is 2.82. The minimum atomic E-state index is 0. The van der Waals surface area contributed by atoms with Gasteiger partial charge in [0, 0.05) is 26.3 Å². The Labute approximate surface area is 132 Å². The zero-order valence-electron chi connectivity index (χ0n) is 10.8.